The molecule has 0 aromatic carbocycles. The van der Waals surface area contributed by atoms with Crippen LogP contribution in [0.5, 0.6) is 0 Å². The molecule has 1 saturated carbocycles. The fourth-order valence-corrected chi connectivity index (χ4v) is 3.12. The quantitative estimate of drug-likeness (QED) is 0.815. The number of amides is 1. The highest BCUT2D eigenvalue weighted by Crippen LogP contribution is 2.37. The Balaban J connectivity index is 1.61. The van der Waals surface area contributed by atoms with E-state index in [0.717, 1.165) is 25.7 Å². The first-order valence-electron chi connectivity index (χ1n) is 7.13. The van der Waals surface area contributed by atoms with Gasteiger partial charge in [0.25, 0.3) is 5.91 Å². The van der Waals surface area contributed by atoms with Crippen LogP contribution in [0, 0.1) is 0 Å². The molecule has 20 heavy (non-hydrogen) atoms. The smallest absolute Gasteiger partial charge is 0.257 e. The van der Waals surface area contributed by atoms with Gasteiger partial charge in [-0.05, 0) is 12.8 Å². The first kappa shape index (κ1) is 13.6. The van der Waals surface area contributed by atoms with Crippen LogP contribution in [-0.4, -0.2) is 52.7 Å². The van der Waals surface area contributed by atoms with Gasteiger partial charge in [-0.1, -0.05) is 0 Å². The van der Waals surface area contributed by atoms with E-state index in [1.54, 1.807) is 17.1 Å². The Kier molecular flexibility index (Phi) is 3.52. The van der Waals surface area contributed by atoms with Crippen LogP contribution in [0.25, 0.3) is 0 Å². The van der Waals surface area contributed by atoms with Gasteiger partial charge < -0.3 is 14.4 Å². The zero-order chi connectivity index (χ0) is 14.2. The standard InChI is InChI=1S/C14H21N3O3/c1-16-10-11(9-15-16)13(18)17(2)12-3-5-14(6-4-12)19-7-8-20-14/h9-10,12H,3-8H2,1-2H3. The largest absolute Gasteiger partial charge is 0.348 e. The molecule has 1 aromatic heterocycles. The lowest BCUT2D eigenvalue weighted by Crippen LogP contribution is -2.44. The highest BCUT2D eigenvalue weighted by Gasteiger charge is 2.41. The Bertz CT molecular complexity index is 484. The number of hydrogen-bond acceptors (Lipinski definition) is 4. The summed E-state index contributed by atoms with van der Waals surface area (Å²) < 4.78 is 13.1. The molecule has 1 aliphatic carbocycles. The van der Waals surface area contributed by atoms with Crippen molar-refractivity contribution in [3.8, 4) is 0 Å². The minimum atomic E-state index is -0.366. The summed E-state index contributed by atoms with van der Waals surface area (Å²) in [7, 11) is 3.68. The zero-order valence-electron chi connectivity index (χ0n) is 12.0. The number of hydrogen-bond donors (Lipinski definition) is 0. The molecule has 0 atom stereocenters. The fourth-order valence-electron chi connectivity index (χ4n) is 3.12. The number of carbonyl (C=O) groups excluding carboxylic acids is 1. The van der Waals surface area contributed by atoms with E-state index in [9.17, 15) is 4.79 Å². The number of aryl methyl sites for hydroxylation is 1. The second-order valence-corrected chi connectivity index (χ2v) is 5.66. The van der Waals surface area contributed by atoms with Crippen molar-refractivity contribution in [2.75, 3.05) is 20.3 Å². The van der Waals surface area contributed by atoms with Gasteiger partial charge in [-0.25, -0.2) is 0 Å². The second-order valence-electron chi connectivity index (χ2n) is 5.66. The van der Waals surface area contributed by atoms with Crippen molar-refractivity contribution in [3.05, 3.63) is 18.0 Å². The highest BCUT2D eigenvalue weighted by molar-refractivity contribution is 5.93. The molecule has 1 spiro atoms. The maximum absolute atomic E-state index is 12.4. The lowest BCUT2D eigenvalue weighted by molar-refractivity contribution is -0.182. The van der Waals surface area contributed by atoms with Gasteiger partial charge in [-0.3, -0.25) is 9.48 Å². The highest BCUT2D eigenvalue weighted by atomic mass is 16.7. The summed E-state index contributed by atoms with van der Waals surface area (Å²) in [5.74, 6) is -0.332. The van der Waals surface area contributed by atoms with Crippen LogP contribution in [0.15, 0.2) is 12.4 Å². The van der Waals surface area contributed by atoms with Crippen LogP contribution in [0.4, 0.5) is 0 Å². The topological polar surface area (TPSA) is 56.6 Å². The van der Waals surface area contributed by atoms with E-state index in [-0.39, 0.29) is 17.7 Å². The fraction of sp³-hybridized carbons (Fsp3) is 0.714. The van der Waals surface area contributed by atoms with Crippen molar-refractivity contribution >= 4 is 5.91 Å². The molecule has 1 aromatic rings. The molecule has 1 aliphatic heterocycles. The van der Waals surface area contributed by atoms with Crippen LogP contribution in [0.3, 0.4) is 0 Å². The third kappa shape index (κ3) is 2.45. The Labute approximate surface area is 118 Å². The molecule has 0 unspecified atom stereocenters. The van der Waals surface area contributed by atoms with Crippen LogP contribution < -0.4 is 0 Å². The van der Waals surface area contributed by atoms with E-state index >= 15 is 0 Å². The molecule has 110 valence electrons. The summed E-state index contributed by atoms with van der Waals surface area (Å²) in [4.78, 5) is 14.2. The van der Waals surface area contributed by atoms with Crippen LogP contribution in [0.2, 0.25) is 0 Å². The van der Waals surface area contributed by atoms with Gasteiger partial charge in [-0.2, -0.15) is 5.10 Å². The molecule has 1 amide bonds. The van der Waals surface area contributed by atoms with Crippen molar-refractivity contribution in [1.82, 2.24) is 14.7 Å². The first-order valence-corrected chi connectivity index (χ1v) is 7.13. The molecular formula is C14H21N3O3. The number of ether oxygens (including phenoxy) is 2. The molecule has 6 heteroatoms. The summed E-state index contributed by atoms with van der Waals surface area (Å²) in [6.07, 6.45) is 6.94. The monoisotopic (exact) mass is 279 g/mol. The van der Waals surface area contributed by atoms with E-state index in [1.165, 1.54) is 0 Å². The summed E-state index contributed by atoms with van der Waals surface area (Å²) in [6.45, 7) is 1.38. The minimum absolute atomic E-state index is 0.0345. The van der Waals surface area contributed by atoms with Gasteiger partial charge >= 0.3 is 0 Å². The van der Waals surface area contributed by atoms with E-state index in [4.69, 9.17) is 9.47 Å². The van der Waals surface area contributed by atoms with E-state index in [2.05, 4.69) is 5.10 Å². The van der Waals surface area contributed by atoms with Crippen molar-refractivity contribution in [2.24, 2.45) is 7.05 Å². The maximum Gasteiger partial charge on any atom is 0.257 e. The van der Waals surface area contributed by atoms with Crippen molar-refractivity contribution in [1.29, 1.82) is 0 Å². The first-order chi connectivity index (χ1) is 9.60. The molecular weight excluding hydrogens is 258 g/mol. The van der Waals surface area contributed by atoms with Crippen LogP contribution in [0.1, 0.15) is 36.0 Å². The normalized spacial score (nSPS) is 22.3. The Hall–Kier alpha value is -1.40. The molecule has 2 aliphatic rings. The van der Waals surface area contributed by atoms with Crippen LogP contribution in [-0.2, 0) is 16.5 Å². The van der Waals surface area contributed by atoms with Gasteiger partial charge in [0.2, 0.25) is 0 Å². The summed E-state index contributed by atoms with van der Waals surface area (Å²) >= 11 is 0. The van der Waals surface area contributed by atoms with Gasteiger partial charge in [0.1, 0.15) is 0 Å². The second kappa shape index (κ2) is 5.18. The van der Waals surface area contributed by atoms with Crippen molar-refractivity contribution < 1.29 is 14.3 Å². The SMILES string of the molecule is CN(C(=O)c1cnn(C)c1)C1CCC2(CC1)OCCO2. The third-order valence-electron chi connectivity index (χ3n) is 4.35. The van der Waals surface area contributed by atoms with Crippen molar-refractivity contribution in [3.63, 3.8) is 0 Å². The molecule has 0 radical (unpaired) electrons. The Morgan fingerprint density at radius 2 is 2.05 bits per heavy atom. The predicted octanol–water partition coefficient (Wildman–Crippen LogP) is 1.18. The Morgan fingerprint density at radius 1 is 1.40 bits per heavy atom. The molecule has 0 bridgehead atoms. The summed E-state index contributed by atoms with van der Waals surface area (Å²) in [6, 6.07) is 0.251. The van der Waals surface area contributed by atoms with Gasteiger partial charge in [0.05, 0.1) is 25.0 Å². The maximum atomic E-state index is 12.4. The van der Waals surface area contributed by atoms with Gasteiger partial charge in [0, 0.05) is 39.2 Å². The van der Waals surface area contributed by atoms with Crippen LogP contribution >= 0.6 is 0 Å². The summed E-state index contributed by atoms with van der Waals surface area (Å²) in [5, 5.41) is 4.05. The van der Waals surface area contributed by atoms with Gasteiger partial charge in [-0.15, -0.1) is 0 Å². The van der Waals surface area contributed by atoms with Crippen molar-refractivity contribution in [2.45, 2.75) is 37.5 Å². The lowest BCUT2D eigenvalue weighted by Gasteiger charge is -2.38. The molecule has 0 N–H and O–H groups in total. The molecule has 6 nitrogen and oxygen atoms in total. The number of nitrogens with zero attached hydrogens (tertiary/aromatic N) is 3. The van der Waals surface area contributed by atoms with E-state index < -0.39 is 0 Å². The average molecular weight is 279 g/mol. The number of carbonyl (C=O) groups is 1. The van der Waals surface area contributed by atoms with Gasteiger partial charge in [0.15, 0.2) is 5.79 Å². The third-order valence-corrected chi connectivity index (χ3v) is 4.35. The number of aromatic nitrogens is 2. The predicted molar refractivity (Wildman–Crippen MR) is 72.2 cm³/mol. The number of rotatable bonds is 2. The molecule has 2 fully saturated rings. The molecule has 2 heterocycles. The summed E-state index contributed by atoms with van der Waals surface area (Å²) in [5.41, 5.74) is 0.642. The van der Waals surface area contributed by atoms with E-state index in [1.807, 2.05) is 19.0 Å². The average Bonchev–Trinajstić information content (AvgIpc) is 3.08. The zero-order valence-corrected chi connectivity index (χ0v) is 12.0. The Morgan fingerprint density at radius 3 is 2.60 bits per heavy atom. The molecule has 3 rings (SSSR count). The minimum Gasteiger partial charge on any atom is -0.348 e. The lowest BCUT2D eigenvalue weighted by atomic mass is 9.89. The van der Waals surface area contributed by atoms with E-state index in [0.29, 0.717) is 18.8 Å². The molecule has 1 saturated heterocycles.